The fourth-order valence-electron chi connectivity index (χ4n) is 2.87. The van der Waals surface area contributed by atoms with Crippen LogP contribution in [0.25, 0.3) is 0 Å². The SMILES string of the molecule is CCOC(=O)C=C[C@H](C[C@H]1CCNC1=O)NC(=O)c1ccc(C(=O)OC)cc1. The van der Waals surface area contributed by atoms with E-state index in [2.05, 4.69) is 15.4 Å². The summed E-state index contributed by atoms with van der Waals surface area (Å²) in [6.45, 7) is 2.55. The molecular formula is C20H24N2O6. The van der Waals surface area contributed by atoms with E-state index in [0.29, 0.717) is 30.5 Å². The van der Waals surface area contributed by atoms with Gasteiger partial charge in [0.2, 0.25) is 5.91 Å². The first-order valence-corrected chi connectivity index (χ1v) is 9.06. The molecule has 0 radical (unpaired) electrons. The van der Waals surface area contributed by atoms with Crippen molar-refractivity contribution in [3.8, 4) is 0 Å². The zero-order chi connectivity index (χ0) is 20.5. The van der Waals surface area contributed by atoms with Crippen LogP contribution in [0.4, 0.5) is 0 Å². The third kappa shape index (κ3) is 5.94. The lowest BCUT2D eigenvalue weighted by atomic mass is 9.97. The standard InChI is InChI=1S/C20H24N2O6/c1-3-28-17(23)9-8-16(12-15-10-11-21-18(15)24)22-19(25)13-4-6-14(7-5-13)20(26)27-2/h4-9,15-16H,3,10-12H2,1-2H3,(H,21,24)(H,22,25)/t15-,16-/m1/s1. The fourth-order valence-corrected chi connectivity index (χ4v) is 2.87. The van der Waals surface area contributed by atoms with E-state index >= 15 is 0 Å². The number of carbonyl (C=O) groups is 4. The maximum absolute atomic E-state index is 12.6. The first-order valence-electron chi connectivity index (χ1n) is 9.06. The Hall–Kier alpha value is -3.16. The average molecular weight is 388 g/mol. The van der Waals surface area contributed by atoms with Gasteiger partial charge in [-0.1, -0.05) is 6.08 Å². The van der Waals surface area contributed by atoms with Crippen LogP contribution in [-0.4, -0.2) is 50.1 Å². The van der Waals surface area contributed by atoms with Gasteiger partial charge in [-0.3, -0.25) is 9.59 Å². The van der Waals surface area contributed by atoms with Crippen LogP contribution in [0.3, 0.4) is 0 Å². The topological polar surface area (TPSA) is 111 Å². The molecule has 150 valence electrons. The first kappa shape index (κ1) is 21.1. The first-order chi connectivity index (χ1) is 13.4. The van der Waals surface area contributed by atoms with Crippen molar-refractivity contribution in [1.82, 2.24) is 10.6 Å². The number of benzene rings is 1. The Balaban J connectivity index is 2.08. The van der Waals surface area contributed by atoms with Gasteiger partial charge in [0.25, 0.3) is 5.91 Å². The van der Waals surface area contributed by atoms with Gasteiger partial charge in [-0.2, -0.15) is 0 Å². The van der Waals surface area contributed by atoms with Gasteiger partial charge in [-0.15, -0.1) is 0 Å². The zero-order valence-electron chi connectivity index (χ0n) is 15.9. The second kappa shape index (κ2) is 10.2. The highest BCUT2D eigenvalue weighted by molar-refractivity contribution is 5.96. The Morgan fingerprint density at radius 1 is 1.25 bits per heavy atom. The third-order valence-corrected chi connectivity index (χ3v) is 4.34. The Labute approximate surface area is 163 Å². The predicted octanol–water partition coefficient (Wildman–Crippen LogP) is 1.22. The van der Waals surface area contributed by atoms with Gasteiger partial charge in [0, 0.05) is 30.1 Å². The van der Waals surface area contributed by atoms with Gasteiger partial charge in [0.05, 0.1) is 19.3 Å². The molecule has 2 amide bonds. The molecule has 0 unspecified atom stereocenters. The summed E-state index contributed by atoms with van der Waals surface area (Å²) in [5.74, 6) is -1.69. The summed E-state index contributed by atoms with van der Waals surface area (Å²) >= 11 is 0. The number of methoxy groups -OCH3 is 1. The van der Waals surface area contributed by atoms with Gasteiger partial charge < -0.3 is 20.1 Å². The summed E-state index contributed by atoms with van der Waals surface area (Å²) in [5.41, 5.74) is 0.679. The van der Waals surface area contributed by atoms with Crippen LogP contribution in [0.5, 0.6) is 0 Å². The van der Waals surface area contributed by atoms with E-state index in [4.69, 9.17) is 4.74 Å². The van der Waals surface area contributed by atoms with Crippen LogP contribution in [0.2, 0.25) is 0 Å². The molecule has 2 rings (SSSR count). The molecule has 1 aromatic carbocycles. The number of amides is 2. The van der Waals surface area contributed by atoms with Gasteiger partial charge in [-0.25, -0.2) is 9.59 Å². The van der Waals surface area contributed by atoms with Crippen molar-refractivity contribution in [3.05, 3.63) is 47.5 Å². The highest BCUT2D eigenvalue weighted by Gasteiger charge is 2.27. The zero-order valence-corrected chi connectivity index (χ0v) is 15.9. The number of ether oxygens (including phenoxy) is 2. The van der Waals surface area contributed by atoms with Gasteiger partial charge in [0.15, 0.2) is 0 Å². The molecule has 1 heterocycles. The molecule has 2 N–H and O–H groups in total. The predicted molar refractivity (Wildman–Crippen MR) is 101 cm³/mol. The smallest absolute Gasteiger partial charge is 0.337 e. The highest BCUT2D eigenvalue weighted by Crippen LogP contribution is 2.17. The molecule has 1 saturated heterocycles. The van der Waals surface area contributed by atoms with Crippen molar-refractivity contribution in [2.24, 2.45) is 5.92 Å². The average Bonchev–Trinajstić information content (AvgIpc) is 3.10. The van der Waals surface area contributed by atoms with E-state index in [9.17, 15) is 19.2 Å². The van der Waals surface area contributed by atoms with Crippen molar-refractivity contribution in [3.63, 3.8) is 0 Å². The van der Waals surface area contributed by atoms with E-state index in [1.807, 2.05) is 0 Å². The van der Waals surface area contributed by atoms with Crippen LogP contribution in [0.15, 0.2) is 36.4 Å². The molecule has 0 aromatic heterocycles. The Kier molecular flexibility index (Phi) is 7.74. The molecule has 0 aliphatic carbocycles. The molecule has 2 atom stereocenters. The number of esters is 2. The summed E-state index contributed by atoms with van der Waals surface area (Å²) in [5, 5.41) is 5.57. The number of nitrogens with one attached hydrogen (secondary N) is 2. The Morgan fingerprint density at radius 2 is 1.93 bits per heavy atom. The van der Waals surface area contributed by atoms with Crippen molar-refractivity contribution < 1.29 is 28.7 Å². The Morgan fingerprint density at radius 3 is 2.50 bits per heavy atom. The fraction of sp³-hybridized carbons (Fsp3) is 0.400. The highest BCUT2D eigenvalue weighted by atomic mass is 16.5. The summed E-state index contributed by atoms with van der Waals surface area (Å²) in [6, 6.07) is 5.49. The van der Waals surface area contributed by atoms with E-state index in [0.717, 1.165) is 0 Å². The molecular weight excluding hydrogens is 364 g/mol. The minimum Gasteiger partial charge on any atom is -0.465 e. The van der Waals surface area contributed by atoms with Crippen LogP contribution in [0.1, 0.15) is 40.5 Å². The summed E-state index contributed by atoms with van der Waals surface area (Å²) in [4.78, 5) is 47.5. The lowest BCUT2D eigenvalue weighted by Crippen LogP contribution is -2.36. The van der Waals surface area contributed by atoms with Gasteiger partial charge >= 0.3 is 11.9 Å². The molecule has 1 aromatic rings. The monoisotopic (exact) mass is 388 g/mol. The Bertz CT molecular complexity index is 756. The second-order valence-corrected chi connectivity index (χ2v) is 6.27. The largest absolute Gasteiger partial charge is 0.465 e. The molecule has 0 saturated carbocycles. The normalized spacial score (nSPS) is 17.1. The molecule has 1 aliphatic heterocycles. The van der Waals surface area contributed by atoms with E-state index in [-0.39, 0.29) is 24.3 Å². The molecule has 8 nitrogen and oxygen atoms in total. The quantitative estimate of drug-likeness (QED) is 0.512. The lowest BCUT2D eigenvalue weighted by Gasteiger charge is -2.18. The van der Waals surface area contributed by atoms with Crippen molar-refractivity contribution in [2.75, 3.05) is 20.3 Å². The molecule has 0 spiro atoms. The van der Waals surface area contributed by atoms with Crippen LogP contribution < -0.4 is 10.6 Å². The van der Waals surface area contributed by atoms with E-state index < -0.39 is 18.0 Å². The molecule has 1 fully saturated rings. The number of hydrogen-bond donors (Lipinski definition) is 2. The summed E-state index contributed by atoms with van der Waals surface area (Å²) in [6.07, 6.45) is 3.83. The van der Waals surface area contributed by atoms with Gasteiger partial charge in [-0.05, 0) is 44.0 Å². The minimum atomic E-state index is -0.522. The lowest BCUT2D eigenvalue weighted by molar-refractivity contribution is -0.137. The molecule has 1 aliphatic rings. The van der Waals surface area contributed by atoms with E-state index in [1.165, 1.54) is 43.5 Å². The van der Waals surface area contributed by atoms with Crippen molar-refractivity contribution in [1.29, 1.82) is 0 Å². The van der Waals surface area contributed by atoms with E-state index in [1.54, 1.807) is 6.92 Å². The van der Waals surface area contributed by atoms with Crippen LogP contribution >= 0.6 is 0 Å². The third-order valence-electron chi connectivity index (χ3n) is 4.34. The maximum atomic E-state index is 12.6. The minimum absolute atomic E-state index is 0.0637. The number of carbonyl (C=O) groups excluding carboxylic acids is 4. The molecule has 28 heavy (non-hydrogen) atoms. The second-order valence-electron chi connectivity index (χ2n) is 6.27. The summed E-state index contributed by atoms with van der Waals surface area (Å²) < 4.78 is 9.49. The van der Waals surface area contributed by atoms with Gasteiger partial charge in [0.1, 0.15) is 0 Å². The van der Waals surface area contributed by atoms with Crippen LogP contribution in [-0.2, 0) is 19.1 Å². The van der Waals surface area contributed by atoms with Crippen molar-refractivity contribution >= 4 is 23.8 Å². The number of hydrogen-bond acceptors (Lipinski definition) is 6. The molecule has 0 bridgehead atoms. The van der Waals surface area contributed by atoms with Crippen molar-refractivity contribution in [2.45, 2.75) is 25.8 Å². The number of rotatable bonds is 8. The maximum Gasteiger partial charge on any atom is 0.337 e. The summed E-state index contributed by atoms with van der Waals surface area (Å²) in [7, 11) is 1.28. The van der Waals surface area contributed by atoms with Crippen LogP contribution in [0, 0.1) is 5.92 Å². The molecule has 8 heteroatoms.